The number of amides is 1. The summed E-state index contributed by atoms with van der Waals surface area (Å²) in [4.78, 5) is 25.2. The molecule has 0 spiro atoms. The molecule has 0 aromatic heterocycles. The molecule has 7 heteroatoms. The minimum absolute atomic E-state index is 0.0545. The van der Waals surface area contributed by atoms with Crippen molar-refractivity contribution in [2.45, 2.75) is 5.92 Å². The predicted molar refractivity (Wildman–Crippen MR) is 95.7 cm³/mol. The Balaban J connectivity index is 1.88. The van der Waals surface area contributed by atoms with Crippen LogP contribution in [0.15, 0.2) is 48.5 Å². The summed E-state index contributed by atoms with van der Waals surface area (Å²) in [7, 11) is 0. The molecule has 2 aromatic rings. The number of carbonyl (C=O) groups excluding carboxylic acids is 1. The highest BCUT2D eigenvalue weighted by Crippen LogP contribution is 2.34. The fourth-order valence-corrected chi connectivity index (χ4v) is 3.53. The first kappa shape index (κ1) is 17.4. The van der Waals surface area contributed by atoms with Gasteiger partial charge in [-0.15, -0.1) is 0 Å². The second kappa shape index (κ2) is 7.21. The van der Waals surface area contributed by atoms with Crippen LogP contribution in [0, 0.1) is 16.0 Å². The molecule has 6 nitrogen and oxygen atoms in total. The number of nitro benzene ring substituents is 1. The molecule has 1 fully saturated rings. The maximum absolute atomic E-state index is 12.9. The van der Waals surface area contributed by atoms with Crippen LogP contribution in [0.3, 0.4) is 0 Å². The molecule has 3 rings (SSSR count). The van der Waals surface area contributed by atoms with Crippen molar-refractivity contribution in [3.05, 3.63) is 74.8 Å². The number of carbonyl (C=O) groups is 1. The van der Waals surface area contributed by atoms with Crippen molar-refractivity contribution in [1.29, 1.82) is 0 Å². The van der Waals surface area contributed by atoms with Crippen molar-refractivity contribution >= 4 is 23.2 Å². The molecule has 1 amide bonds. The Morgan fingerprint density at radius 3 is 2.60 bits per heavy atom. The molecule has 1 saturated heterocycles. The zero-order valence-electron chi connectivity index (χ0n) is 13.5. The highest BCUT2D eigenvalue weighted by atomic mass is 35.5. The van der Waals surface area contributed by atoms with Gasteiger partial charge in [-0.2, -0.15) is 0 Å². The third kappa shape index (κ3) is 3.50. The Bertz CT molecular complexity index is 797. The quantitative estimate of drug-likeness (QED) is 0.671. The van der Waals surface area contributed by atoms with Gasteiger partial charge in [-0.25, -0.2) is 0 Å². The number of rotatable bonds is 4. The number of benzene rings is 2. The van der Waals surface area contributed by atoms with Crippen LogP contribution < -0.4 is 5.73 Å². The van der Waals surface area contributed by atoms with Gasteiger partial charge in [0.15, 0.2) is 0 Å². The predicted octanol–water partition coefficient (Wildman–Crippen LogP) is 3.06. The van der Waals surface area contributed by atoms with Gasteiger partial charge in [0, 0.05) is 30.1 Å². The molecule has 0 radical (unpaired) electrons. The maximum Gasteiger partial charge on any atom is 0.283 e. The molecular formula is C18H18ClN3O3. The number of nitro groups is 1. The lowest BCUT2D eigenvalue weighted by molar-refractivity contribution is -0.385. The molecule has 1 aliphatic rings. The third-order valence-corrected chi connectivity index (χ3v) is 4.88. The van der Waals surface area contributed by atoms with Gasteiger partial charge in [-0.1, -0.05) is 41.9 Å². The van der Waals surface area contributed by atoms with Gasteiger partial charge in [0.25, 0.3) is 11.6 Å². The van der Waals surface area contributed by atoms with Gasteiger partial charge >= 0.3 is 0 Å². The first-order valence-electron chi connectivity index (χ1n) is 7.99. The fourth-order valence-electron chi connectivity index (χ4n) is 3.36. The minimum Gasteiger partial charge on any atom is -0.337 e. The van der Waals surface area contributed by atoms with Crippen molar-refractivity contribution in [3.8, 4) is 0 Å². The molecule has 2 aromatic carbocycles. The van der Waals surface area contributed by atoms with Gasteiger partial charge < -0.3 is 10.6 Å². The second-order valence-corrected chi connectivity index (χ2v) is 6.58. The van der Waals surface area contributed by atoms with E-state index in [0.717, 1.165) is 5.56 Å². The Labute approximate surface area is 150 Å². The van der Waals surface area contributed by atoms with E-state index in [1.807, 2.05) is 30.3 Å². The summed E-state index contributed by atoms with van der Waals surface area (Å²) in [6, 6.07) is 14.0. The van der Waals surface area contributed by atoms with Crippen LogP contribution in [-0.4, -0.2) is 35.4 Å². The van der Waals surface area contributed by atoms with Gasteiger partial charge in [0.2, 0.25) is 0 Å². The molecule has 0 unspecified atom stereocenters. The molecule has 25 heavy (non-hydrogen) atoms. The smallest absolute Gasteiger partial charge is 0.283 e. The third-order valence-electron chi connectivity index (χ3n) is 4.65. The standard InChI is InChI=1S/C18H18ClN3O3/c19-14-6-7-15(17(8-14)22(24)25)18(23)21-10-13(9-20)16(11-21)12-4-2-1-3-5-12/h1-8,13,16H,9-11,20H2/t13-,16+/m1/s1. The number of nitrogens with two attached hydrogens (primary N) is 1. The number of likely N-dealkylation sites (tertiary alicyclic amines) is 1. The summed E-state index contributed by atoms with van der Waals surface area (Å²) in [5, 5.41) is 11.5. The molecule has 1 heterocycles. The van der Waals surface area contributed by atoms with E-state index in [2.05, 4.69) is 0 Å². The van der Waals surface area contributed by atoms with Gasteiger partial charge in [0.1, 0.15) is 5.56 Å². The van der Waals surface area contributed by atoms with E-state index in [0.29, 0.717) is 19.6 Å². The van der Waals surface area contributed by atoms with E-state index in [1.54, 1.807) is 4.90 Å². The molecule has 130 valence electrons. The summed E-state index contributed by atoms with van der Waals surface area (Å²) >= 11 is 5.83. The Hall–Kier alpha value is -2.44. The summed E-state index contributed by atoms with van der Waals surface area (Å²) in [6.07, 6.45) is 0. The molecule has 0 saturated carbocycles. The fraction of sp³-hybridized carbons (Fsp3) is 0.278. The first-order chi connectivity index (χ1) is 12.0. The van der Waals surface area contributed by atoms with Gasteiger partial charge in [-0.3, -0.25) is 14.9 Å². The van der Waals surface area contributed by atoms with Crippen LogP contribution >= 0.6 is 11.6 Å². The second-order valence-electron chi connectivity index (χ2n) is 6.14. The largest absolute Gasteiger partial charge is 0.337 e. The lowest BCUT2D eigenvalue weighted by Crippen LogP contribution is -2.30. The van der Waals surface area contributed by atoms with E-state index in [1.165, 1.54) is 18.2 Å². The first-order valence-corrected chi connectivity index (χ1v) is 8.37. The normalized spacial score (nSPS) is 19.8. The van der Waals surface area contributed by atoms with E-state index < -0.39 is 4.92 Å². The monoisotopic (exact) mass is 359 g/mol. The van der Waals surface area contributed by atoms with Crippen LogP contribution in [0.4, 0.5) is 5.69 Å². The maximum atomic E-state index is 12.9. The summed E-state index contributed by atoms with van der Waals surface area (Å²) in [6.45, 7) is 1.42. The minimum atomic E-state index is -0.579. The zero-order valence-corrected chi connectivity index (χ0v) is 14.2. The summed E-state index contributed by atoms with van der Waals surface area (Å²) in [5.74, 6) is -0.112. The SMILES string of the molecule is NC[C@@H]1CN(C(=O)c2ccc(Cl)cc2[N+](=O)[O-])C[C@H]1c1ccccc1. The number of halogens is 1. The topological polar surface area (TPSA) is 89.5 Å². The van der Waals surface area contributed by atoms with Crippen LogP contribution in [0.1, 0.15) is 21.8 Å². The highest BCUT2D eigenvalue weighted by Gasteiger charge is 2.37. The van der Waals surface area contributed by atoms with E-state index in [4.69, 9.17) is 17.3 Å². The van der Waals surface area contributed by atoms with Crippen molar-refractivity contribution < 1.29 is 9.72 Å². The number of hydrogen-bond donors (Lipinski definition) is 1. The lowest BCUT2D eigenvalue weighted by atomic mass is 9.89. The average Bonchev–Trinajstić information content (AvgIpc) is 3.06. The average molecular weight is 360 g/mol. The van der Waals surface area contributed by atoms with E-state index in [-0.39, 0.29) is 34.0 Å². The van der Waals surface area contributed by atoms with Crippen LogP contribution in [0.5, 0.6) is 0 Å². The number of nitrogens with zero attached hydrogens (tertiary/aromatic N) is 2. The van der Waals surface area contributed by atoms with Gasteiger partial charge in [-0.05, 0) is 30.2 Å². The van der Waals surface area contributed by atoms with Crippen LogP contribution in [0.25, 0.3) is 0 Å². The van der Waals surface area contributed by atoms with Crippen LogP contribution in [0.2, 0.25) is 5.02 Å². The van der Waals surface area contributed by atoms with Crippen molar-refractivity contribution in [2.75, 3.05) is 19.6 Å². The molecular weight excluding hydrogens is 342 g/mol. The van der Waals surface area contributed by atoms with Crippen LogP contribution in [-0.2, 0) is 0 Å². The Morgan fingerprint density at radius 2 is 1.96 bits per heavy atom. The number of hydrogen-bond acceptors (Lipinski definition) is 4. The summed E-state index contributed by atoms with van der Waals surface area (Å²) < 4.78 is 0. The molecule has 2 N–H and O–H groups in total. The molecule has 0 bridgehead atoms. The molecule has 0 aliphatic carbocycles. The highest BCUT2D eigenvalue weighted by molar-refractivity contribution is 6.31. The lowest BCUT2D eigenvalue weighted by Gasteiger charge is -2.17. The van der Waals surface area contributed by atoms with Crippen molar-refractivity contribution in [3.63, 3.8) is 0 Å². The van der Waals surface area contributed by atoms with Crippen molar-refractivity contribution in [2.24, 2.45) is 11.7 Å². The van der Waals surface area contributed by atoms with E-state index in [9.17, 15) is 14.9 Å². The van der Waals surface area contributed by atoms with E-state index >= 15 is 0 Å². The van der Waals surface area contributed by atoms with Gasteiger partial charge in [0.05, 0.1) is 4.92 Å². The zero-order chi connectivity index (χ0) is 18.0. The summed E-state index contributed by atoms with van der Waals surface area (Å²) in [5.41, 5.74) is 6.80. The van der Waals surface area contributed by atoms with Crippen molar-refractivity contribution in [1.82, 2.24) is 4.90 Å². The molecule has 1 aliphatic heterocycles. The Kier molecular flexibility index (Phi) is 5.01. The Morgan fingerprint density at radius 1 is 1.24 bits per heavy atom. The molecule has 2 atom stereocenters.